The Labute approximate surface area is 141 Å². The second kappa shape index (κ2) is 7.95. The van der Waals surface area contributed by atoms with Gasteiger partial charge in [-0.25, -0.2) is 13.1 Å². The number of halogens is 2. The molecule has 0 aliphatic carbocycles. The number of sulfonamides is 1. The van der Waals surface area contributed by atoms with Gasteiger partial charge in [0.25, 0.3) is 0 Å². The van der Waals surface area contributed by atoms with Crippen LogP contribution in [0.5, 0.6) is 0 Å². The van der Waals surface area contributed by atoms with Gasteiger partial charge in [0.1, 0.15) is 18.0 Å². The Kier molecular flexibility index (Phi) is 6.49. The van der Waals surface area contributed by atoms with Crippen molar-refractivity contribution in [2.24, 2.45) is 0 Å². The molecule has 0 radical (unpaired) electrons. The molecule has 1 heterocycles. The molecule has 2 N–H and O–H groups in total. The summed E-state index contributed by atoms with van der Waals surface area (Å²) in [5.74, 6) is 0. The van der Waals surface area contributed by atoms with Crippen LogP contribution in [-0.4, -0.2) is 47.8 Å². The van der Waals surface area contributed by atoms with E-state index in [-0.39, 0.29) is 9.92 Å². The number of nitrogens with one attached hydrogen (secondary N) is 2. The highest BCUT2D eigenvalue weighted by molar-refractivity contribution is 7.89. The SMILES string of the molecule is Cc1cc(S(=O)(=O)NCCC[NH+]2CCOCC2)c(Cl)cc1Cl. The van der Waals surface area contributed by atoms with Gasteiger partial charge in [-0.3, -0.25) is 0 Å². The van der Waals surface area contributed by atoms with E-state index >= 15 is 0 Å². The molecule has 0 atom stereocenters. The molecule has 2 rings (SSSR count). The normalized spacial score (nSPS) is 16.9. The van der Waals surface area contributed by atoms with E-state index < -0.39 is 10.0 Å². The summed E-state index contributed by atoms with van der Waals surface area (Å²) in [6, 6.07) is 2.96. The minimum absolute atomic E-state index is 0.0785. The summed E-state index contributed by atoms with van der Waals surface area (Å²) in [5.41, 5.74) is 0.684. The molecule has 8 heteroatoms. The molecule has 1 aliphatic heterocycles. The van der Waals surface area contributed by atoms with Gasteiger partial charge in [-0.15, -0.1) is 0 Å². The summed E-state index contributed by atoms with van der Waals surface area (Å²) in [4.78, 5) is 1.53. The largest absolute Gasteiger partial charge is 0.370 e. The Balaban J connectivity index is 1.89. The highest BCUT2D eigenvalue weighted by Crippen LogP contribution is 2.27. The lowest BCUT2D eigenvalue weighted by Gasteiger charge is -2.23. The molecule has 0 unspecified atom stereocenters. The number of benzene rings is 1. The van der Waals surface area contributed by atoms with Crippen LogP contribution >= 0.6 is 23.2 Å². The Bertz CT molecular complexity index is 617. The van der Waals surface area contributed by atoms with Gasteiger partial charge in [0.2, 0.25) is 10.0 Å². The molecular weight excluding hydrogens is 347 g/mol. The Hall–Kier alpha value is -0.370. The molecule has 1 saturated heterocycles. The maximum Gasteiger partial charge on any atom is 0.242 e. The third-order valence-corrected chi connectivity index (χ3v) is 6.03. The van der Waals surface area contributed by atoms with Crippen LogP contribution in [0.3, 0.4) is 0 Å². The first kappa shape index (κ1) is 18.0. The lowest BCUT2D eigenvalue weighted by atomic mass is 10.2. The van der Waals surface area contributed by atoms with Crippen molar-refractivity contribution in [3.05, 3.63) is 27.7 Å². The maximum absolute atomic E-state index is 12.3. The van der Waals surface area contributed by atoms with E-state index in [1.165, 1.54) is 17.0 Å². The summed E-state index contributed by atoms with van der Waals surface area (Å²) < 4.78 is 32.5. The van der Waals surface area contributed by atoms with Crippen molar-refractivity contribution in [1.29, 1.82) is 0 Å². The number of quaternary nitrogens is 1. The summed E-state index contributed by atoms with van der Waals surface area (Å²) in [6.45, 7) is 6.59. The molecule has 124 valence electrons. The standard InChI is InChI=1S/C14H20Cl2N2O3S/c1-11-9-14(13(16)10-12(11)15)22(19,20)17-3-2-4-18-5-7-21-8-6-18/h9-10,17H,2-8H2,1H3/p+1. The fourth-order valence-electron chi connectivity index (χ4n) is 2.37. The molecule has 0 saturated carbocycles. The van der Waals surface area contributed by atoms with E-state index in [0.29, 0.717) is 17.1 Å². The minimum Gasteiger partial charge on any atom is -0.370 e. The van der Waals surface area contributed by atoms with Gasteiger partial charge < -0.3 is 9.64 Å². The van der Waals surface area contributed by atoms with Crippen molar-refractivity contribution >= 4 is 33.2 Å². The first-order valence-corrected chi connectivity index (χ1v) is 9.50. The number of aryl methyl sites for hydroxylation is 1. The fraction of sp³-hybridized carbons (Fsp3) is 0.571. The maximum atomic E-state index is 12.3. The predicted molar refractivity (Wildman–Crippen MR) is 87.4 cm³/mol. The molecule has 1 fully saturated rings. The number of ether oxygens (including phenoxy) is 1. The molecular formula is C14H21Cl2N2O3S+. The van der Waals surface area contributed by atoms with Crippen molar-refractivity contribution in [1.82, 2.24) is 4.72 Å². The second-order valence-corrected chi connectivity index (χ2v) is 7.95. The van der Waals surface area contributed by atoms with Crippen molar-refractivity contribution < 1.29 is 18.1 Å². The monoisotopic (exact) mass is 367 g/mol. The van der Waals surface area contributed by atoms with Gasteiger partial charge in [-0.05, 0) is 24.6 Å². The van der Waals surface area contributed by atoms with E-state index in [1.807, 2.05) is 0 Å². The summed E-state index contributed by atoms with van der Waals surface area (Å²) >= 11 is 11.9. The van der Waals surface area contributed by atoms with Gasteiger partial charge in [-0.1, -0.05) is 23.2 Å². The molecule has 5 nitrogen and oxygen atoms in total. The second-order valence-electron chi connectivity index (χ2n) is 5.40. The van der Waals surface area contributed by atoms with Crippen LogP contribution in [0.4, 0.5) is 0 Å². The van der Waals surface area contributed by atoms with E-state index in [9.17, 15) is 8.42 Å². The number of rotatable bonds is 6. The van der Waals surface area contributed by atoms with Crippen molar-refractivity contribution in [3.8, 4) is 0 Å². The Morgan fingerprint density at radius 2 is 1.91 bits per heavy atom. The number of hydrogen-bond donors (Lipinski definition) is 2. The van der Waals surface area contributed by atoms with Crippen LogP contribution in [-0.2, 0) is 14.8 Å². The number of morpholine rings is 1. The van der Waals surface area contributed by atoms with E-state index in [0.717, 1.165) is 39.3 Å². The number of hydrogen-bond acceptors (Lipinski definition) is 3. The lowest BCUT2D eigenvalue weighted by Crippen LogP contribution is -3.14. The van der Waals surface area contributed by atoms with Crippen LogP contribution in [0.1, 0.15) is 12.0 Å². The molecule has 1 aromatic rings. The molecule has 1 aromatic carbocycles. The average Bonchev–Trinajstić information content (AvgIpc) is 2.48. The zero-order chi connectivity index (χ0) is 16.2. The molecule has 0 amide bonds. The highest BCUT2D eigenvalue weighted by atomic mass is 35.5. The third kappa shape index (κ3) is 4.81. The van der Waals surface area contributed by atoms with Gasteiger partial charge in [0.05, 0.1) is 24.8 Å². The molecule has 22 heavy (non-hydrogen) atoms. The molecule has 1 aliphatic rings. The van der Waals surface area contributed by atoms with E-state index in [4.69, 9.17) is 27.9 Å². The van der Waals surface area contributed by atoms with Gasteiger partial charge in [0, 0.05) is 18.0 Å². The minimum atomic E-state index is -3.61. The molecule has 0 aromatic heterocycles. The zero-order valence-electron chi connectivity index (χ0n) is 12.5. The predicted octanol–water partition coefficient (Wildman–Crippen LogP) is 0.885. The fourth-order valence-corrected chi connectivity index (χ4v) is 4.27. The van der Waals surface area contributed by atoms with E-state index in [1.54, 1.807) is 6.92 Å². The summed E-state index contributed by atoms with van der Waals surface area (Å²) in [7, 11) is -3.61. The van der Waals surface area contributed by atoms with Crippen molar-refractivity contribution in [2.75, 3.05) is 39.4 Å². The Morgan fingerprint density at radius 1 is 1.23 bits per heavy atom. The van der Waals surface area contributed by atoms with Crippen LogP contribution in [0.2, 0.25) is 10.0 Å². The Morgan fingerprint density at radius 3 is 2.59 bits per heavy atom. The van der Waals surface area contributed by atoms with Gasteiger partial charge in [0.15, 0.2) is 0 Å². The topological polar surface area (TPSA) is 59.8 Å². The van der Waals surface area contributed by atoms with Gasteiger partial charge in [-0.2, -0.15) is 0 Å². The van der Waals surface area contributed by atoms with Crippen LogP contribution in [0.15, 0.2) is 17.0 Å². The third-order valence-electron chi connectivity index (χ3n) is 3.70. The van der Waals surface area contributed by atoms with E-state index in [2.05, 4.69) is 4.72 Å². The molecule has 0 spiro atoms. The van der Waals surface area contributed by atoms with Crippen LogP contribution in [0.25, 0.3) is 0 Å². The van der Waals surface area contributed by atoms with Crippen LogP contribution in [0, 0.1) is 6.92 Å². The smallest absolute Gasteiger partial charge is 0.242 e. The van der Waals surface area contributed by atoms with Crippen LogP contribution < -0.4 is 9.62 Å². The van der Waals surface area contributed by atoms with Crippen molar-refractivity contribution in [3.63, 3.8) is 0 Å². The van der Waals surface area contributed by atoms with Gasteiger partial charge >= 0.3 is 0 Å². The highest BCUT2D eigenvalue weighted by Gasteiger charge is 2.19. The molecule has 0 bridgehead atoms. The lowest BCUT2D eigenvalue weighted by molar-refractivity contribution is -0.908. The quantitative estimate of drug-likeness (QED) is 0.734. The first-order valence-electron chi connectivity index (χ1n) is 7.27. The average molecular weight is 368 g/mol. The summed E-state index contributed by atoms with van der Waals surface area (Å²) in [5, 5.41) is 0.599. The first-order chi connectivity index (χ1) is 10.4. The zero-order valence-corrected chi connectivity index (χ0v) is 14.8. The van der Waals surface area contributed by atoms with Crippen molar-refractivity contribution in [2.45, 2.75) is 18.2 Å². The summed E-state index contributed by atoms with van der Waals surface area (Å²) in [6.07, 6.45) is 0.777.